The molecule has 1 aromatic heterocycles. The van der Waals surface area contributed by atoms with E-state index in [9.17, 15) is 9.18 Å². The highest BCUT2D eigenvalue weighted by Gasteiger charge is 2.27. The van der Waals surface area contributed by atoms with Gasteiger partial charge in [0.25, 0.3) is 0 Å². The van der Waals surface area contributed by atoms with Gasteiger partial charge < -0.3 is 9.42 Å². The molecule has 5 nitrogen and oxygen atoms in total. The average molecular weight is 368 g/mol. The quantitative estimate of drug-likeness (QED) is 0.816. The third-order valence-electron chi connectivity index (χ3n) is 3.83. The SMILES string of the molecule is CC(=O)N1CCCC(c2nc(-c3ccc(Br)cc3F)no2)C1. The molecular formula is C15H15BrFN3O2. The smallest absolute Gasteiger partial charge is 0.231 e. The van der Waals surface area contributed by atoms with Crippen LogP contribution in [-0.2, 0) is 4.79 Å². The monoisotopic (exact) mass is 367 g/mol. The molecule has 2 heterocycles. The molecule has 7 heteroatoms. The molecular weight excluding hydrogens is 353 g/mol. The Morgan fingerprint density at radius 3 is 3.05 bits per heavy atom. The molecule has 1 aromatic carbocycles. The molecule has 0 radical (unpaired) electrons. The van der Waals surface area contributed by atoms with Gasteiger partial charge in [-0.25, -0.2) is 4.39 Å². The Labute approximate surface area is 135 Å². The molecule has 1 saturated heterocycles. The van der Waals surface area contributed by atoms with E-state index in [1.54, 1.807) is 24.0 Å². The zero-order chi connectivity index (χ0) is 15.7. The van der Waals surface area contributed by atoms with E-state index in [-0.39, 0.29) is 17.6 Å². The van der Waals surface area contributed by atoms with Gasteiger partial charge in [-0.2, -0.15) is 4.98 Å². The number of rotatable bonds is 2. The highest BCUT2D eigenvalue weighted by atomic mass is 79.9. The molecule has 0 spiro atoms. The summed E-state index contributed by atoms with van der Waals surface area (Å²) in [6.07, 6.45) is 1.78. The number of amides is 1. The van der Waals surface area contributed by atoms with Gasteiger partial charge in [-0.15, -0.1) is 0 Å². The predicted molar refractivity (Wildman–Crippen MR) is 81.6 cm³/mol. The molecule has 1 amide bonds. The van der Waals surface area contributed by atoms with Gasteiger partial charge >= 0.3 is 0 Å². The maximum Gasteiger partial charge on any atom is 0.231 e. The van der Waals surface area contributed by atoms with Crippen LogP contribution < -0.4 is 0 Å². The highest BCUT2D eigenvalue weighted by molar-refractivity contribution is 9.10. The number of halogens is 2. The van der Waals surface area contributed by atoms with Crippen LogP contribution in [-0.4, -0.2) is 34.0 Å². The molecule has 2 aromatic rings. The van der Waals surface area contributed by atoms with E-state index < -0.39 is 5.82 Å². The maximum absolute atomic E-state index is 14.0. The number of likely N-dealkylation sites (tertiary alicyclic amines) is 1. The summed E-state index contributed by atoms with van der Waals surface area (Å²) < 4.78 is 19.9. The topological polar surface area (TPSA) is 59.2 Å². The van der Waals surface area contributed by atoms with Crippen LogP contribution in [0.1, 0.15) is 31.6 Å². The average Bonchev–Trinajstić information content (AvgIpc) is 2.97. The number of nitrogens with zero attached hydrogens (tertiary/aromatic N) is 3. The molecule has 1 unspecified atom stereocenters. The van der Waals surface area contributed by atoms with Crippen molar-refractivity contribution in [1.29, 1.82) is 0 Å². The molecule has 0 saturated carbocycles. The number of hydrogen-bond donors (Lipinski definition) is 0. The minimum absolute atomic E-state index is 0.0115. The molecule has 3 rings (SSSR count). The number of piperidine rings is 1. The minimum Gasteiger partial charge on any atom is -0.342 e. The van der Waals surface area contributed by atoms with Crippen molar-refractivity contribution in [1.82, 2.24) is 15.0 Å². The van der Waals surface area contributed by atoms with Crippen LogP contribution in [0.3, 0.4) is 0 Å². The zero-order valence-electron chi connectivity index (χ0n) is 12.1. The molecule has 22 heavy (non-hydrogen) atoms. The van der Waals surface area contributed by atoms with Crippen molar-refractivity contribution in [3.63, 3.8) is 0 Å². The van der Waals surface area contributed by atoms with Gasteiger partial charge in [0.2, 0.25) is 17.6 Å². The highest BCUT2D eigenvalue weighted by Crippen LogP contribution is 2.29. The van der Waals surface area contributed by atoms with Gasteiger partial charge in [0, 0.05) is 24.5 Å². The standard InChI is InChI=1S/C15H15BrFN3O2/c1-9(21)20-6-2-3-10(8-20)15-18-14(19-22-15)12-5-4-11(16)7-13(12)17/h4-5,7,10H,2-3,6,8H2,1H3. The Kier molecular flexibility index (Phi) is 4.24. The summed E-state index contributed by atoms with van der Waals surface area (Å²) in [6, 6.07) is 4.70. The van der Waals surface area contributed by atoms with Gasteiger partial charge in [-0.3, -0.25) is 4.79 Å². The number of carbonyl (C=O) groups is 1. The summed E-state index contributed by atoms with van der Waals surface area (Å²) in [6.45, 7) is 2.88. The zero-order valence-corrected chi connectivity index (χ0v) is 13.6. The van der Waals surface area contributed by atoms with Crippen molar-refractivity contribution < 1.29 is 13.7 Å². The van der Waals surface area contributed by atoms with Gasteiger partial charge in [0.05, 0.1) is 11.5 Å². The van der Waals surface area contributed by atoms with E-state index in [4.69, 9.17) is 4.52 Å². The summed E-state index contributed by atoms with van der Waals surface area (Å²) >= 11 is 3.22. The molecule has 1 atom stereocenters. The summed E-state index contributed by atoms with van der Waals surface area (Å²) in [5.74, 6) is 0.347. The molecule has 1 aliphatic rings. The Balaban J connectivity index is 1.83. The van der Waals surface area contributed by atoms with Crippen molar-refractivity contribution >= 4 is 21.8 Å². The largest absolute Gasteiger partial charge is 0.342 e. The van der Waals surface area contributed by atoms with Gasteiger partial charge in [-0.05, 0) is 31.0 Å². The first-order chi connectivity index (χ1) is 10.5. The third kappa shape index (κ3) is 3.04. The third-order valence-corrected chi connectivity index (χ3v) is 4.32. The maximum atomic E-state index is 14.0. The Morgan fingerprint density at radius 2 is 2.32 bits per heavy atom. The van der Waals surface area contributed by atoms with E-state index in [2.05, 4.69) is 26.1 Å². The predicted octanol–water partition coefficient (Wildman–Crippen LogP) is 3.36. The summed E-state index contributed by atoms with van der Waals surface area (Å²) in [5.41, 5.74) is 0.303. The Morgan fingerprint density at radius 1 is 1.50 bits per heavy atom. The lowest BCUT2D eigenvalue weighted by Crippen LogP contribution is -2.37. The van der Waals surface area contributed by atoms with E-state index >= 15 is 0 Å². The summed E-state index contributed by atoms with van der Waals surface area (Å²) in [4.78, 5) is 17.6. The fourth-order valence-corrected chi connectivity index (χ4v) is 2.98. The lowest BCUT2D eigenvalue weighted by atomic mass is 9.98. The van der Waals surface area contributed by atoms with Crippen molar-refractivity contribution in [2.24, 2.45) is 0 Å². The van der Waals surface area contributed by atoms with Crippen LogP contribution >= 0.6 is 15.9 Å². The molecule has 0 bridgehead atoms. The van der Waals surface area contributed by atoms with Gasteiger partial charge in [0.15, 0.2) is 0 Å². The van der Waals surface area contributed by atoms with Crippen molar-refractivity contribution in [3.8, 4) is 11.4 Å². The van der Waals surface area contributed by atoms with Crippen LogP contribution in [0, 0.1) is 5.82 Å². The van der Waals surface area contributed by atoms with E-state index in [1.165, 1.54) is 6.07 Å². The second kappa shape index (κ2) is 6.16. The van der Waals surface area contributed by atoms with Crippen LogP contribution in [0.4, 0.5) is 4.39 Å². The molecule has 0 aliphatic carbocycles. The van der Waals surface area contributed by atoms with Crippen LogP contribution in [0.15, 0.2) is 27.2 Å². The van der Waals surface area contributed by atoms with Crippen molar-refractivity contribution in [2.75, 3.05) is 13.1 Å². The molecule has 0 N–H and O–H groups in total. The first kappa shape index (κ1) is 15.1. The van der Waals surface area contributed by atoms with E-state index in [0.717, 1.165) is 19.4 Å². The first-order valence-corrected chi connectivity index (χ1v) is 7.88. The van der Waals surface area contributed by atoms with Crippen molar-refractivity contribution in [3.05, 3.63) is 34.4 Å². The Hall–Kier alpha value is -1.76. The molecule has 116 valence electrons. The Bertz CT molecular complexity index is 704. The number of benzene rings is 1. The number of carbonyl (C=O) groups excluding carboxylic acids is 1. The lowest BCUT2D eigenvalue weighted by Gasteiger charge is -2.29. The number of hydrogen-bond acceptors (Lipinski definition) is 4. The summed E-state index contributed by atoms with van der Waals surface area (Å²) in [7, 11) is 0. The normalized spacial score (nSPS) is 18.5. The molecule has 1 fully saturated rings. The molecule has 1 aliphatic heterocycles. The van der Waals surface area contributed by atoms with Gasteiger partial charge in [-0.1, -0.05) is 21.1 Å². The van der Waals surface area contributed by atoms with Crippen molar-refractivity contribution in [2.45, 2.75) is 25.7 Å². The number of aromatic nitrogens is 2. The van der Waals surface area contributed by atoms with Gasteiger partial charge in [0.1, 0.15) is 5.82 Å². The van der Waals surface area contributed by atoms with E-state index in [0.29, 0.717) is 22.5 Å². The lowest BCUT2D eigenvalue weighted by molar-refractivity contribution is -0.130. The minimum atomic E-state index is -0.407. The van der Waals surface area contributed by atoms with Crippen LogP contribution in [0.2, 0.25) is 0 Å². The van der Waals surface area contributed by atoms with Crippen LogP contribution in [0.5, 0.6) is 0 Å². The van der Waals surface area contributed by atoms with E-state index in [1.807, 2.05) is 0 Å². The fraction of sp³-hybridized carbons (Fsp3) is 0.400. The first-order valence-electron chi connectivity index (χ1n) is 7.09. The van der Waals surface area contributed by atoms with Crippen LogP contribution in [0.25, 0.3) is 11.4 Å². The second-order valence-electron chi connectivity index (χ2n) is 5.38. The fourth-order valence-electron chi connectivity index (χ4n) is 2.65. The summed E-state index contributed by atoms with van der Waals surface area (Å²) in [5, 5.41) is 3.88. The second-order valence-corrected chi connectivity index (χ2v) is 6.30.